The third-order valence-corrected chi connectivity index (χ3v) is 4.01. The van der Waals surface area contributed by atoms with Crippen LogP contribution in [0, 0.1) is 18.8 Å². The fourth-order valence-electron chi connectivity index (χ4n) is 3.05. The second-order valence-corrected chi connectivity index (χ2v) is 5.38. The highest BCUT2D eigenvalue weighted by Gasteiger charge is 2.37. The van der Waals surface area contributed by atoms with Crippen molar-refractivity contribution in [2.45, 2.75) is 26.2 Å². The van der Waals surface area contributed by atoms with Gasteiger partial charge in [-0.2, -0.15) is 0 Å². The number of fused-ring (bicyclic) bond motifs is 1. The normalized spacial score (nSPS) is 28.5. The SMILES string of the molecule is Cc1cc(Cl)nc(N2CC3CCCC3C2)n1. The van der Waals surface area contributed by atoms with Crippen molar-refractivity contribution in [3.8, 4) is 0 Å². The van der Waals surface area contributed by atoms with Crippen molar-refractivity contribution in [1.82, 2.24) is 9.97 Å². The summed E-state index contributed by atoms with van der Waals surface area (Å²) in [5.41, 5.74) is 0.951. The third kappa shape index (κ3) is 1.77. The molecule has 1 aromatic heterocycles. The van der Waals surface area contributed by atoms with Crippen LogP contribution in [0.3, 0.4) is 0 Å². The van der Waals surface area contributed by atoms with Crippen molar-refractivity contribution in [1.29, 1.82) is 0 Å². The van der Waals surface area contributed by atoms with Crippen molar-refractivity contribution >= 4 is 17.5 Å². The third-order valence-electron chi connectivity index (χ3n) is 3.82. The van der Waals surface area contributed by atoms with Crippen LogP contribution in [0.5, 0.6) is 0 Å². The van der Waals surface area contributed by atoms with Crippen LogP contribution in [-0.4, -0.2) is 23.1 Å². The molecule has 86 valence electrons. The van der Waals surface area contributed by atoms with Crippen LogP contribution < -0.4 is 4.90 Å². The summed E-state index contributed by atoms with van der Waals surface area (Å²) in [6, 6.07) is 1.81. The highest BCUT2D eigenvalue weighted by molar-refractivity contribution is 6.29. The lowest BCUT2D eigenvalue weighted by atomic mass is 10.0. The van der Waals surface area contributed by atoms with Gasteiger partial charge in [-0.05, 0) is 37.7 Å². The first-order valence-corrected chi connectivity index (χ1v) is 6.36. The van der Waals surface area contributed by atoms with Gasteiger partial charge in [0, 0.05) is 18.8 Å². The summed E-state index contributed by atoms with van der Waals surface area (Å²) in [7, 11) is 0. The lowest BCUT2D eigenvalue weighted by Crippen LogP contribution is -2.23. The fraction of sp³-hybridized carbons (Fsp3) is 0.667. The summed E-state index contributed by atoms with van der Waals surface area (Å²) in [4.78, 5) is 11.1. The van der Waals surface area contributed by atoms with Crippen molar-refractivity contribution in [2.75, 3.05) is 18.0 Å². The van der Waals surface area contributed by atoms with E-state index in [0.29, 0.717) is 5.15 Å². The summed E-state index contributed by atoms with van der Waals surface area (Å²) in [5, 5.41) is 0.555. The standard InChI is InChI=1S/C12H16ClN3/c1-8-5-11(13)15-12(14-8)16-6-9-3-2-4-10(9)7-16/h5,9-10H,2-4,6-7H2,1H3. The Morgan fingerprint density at radius 1 is 1.25 bits per heavy atom. The Balaban J connectivity index is 1.83. The van der Waals surface area contributed by atoms with Gasteiger partial charge in [0.2, 0.25) is 5.95 Å². The lowest BCUT2D eigenvalue weighted by molar-refractivity contribution is 0.494. The van der Waals surface area contributed by atoms with E-state index < -0.39 is 0 Å². The van der Waals surface area contributed by atoms with Gasteiger partial charge in [-0.3, -0.25) is 0 Å². The lowest BCUT2D eigenvalue weighted by Gasteiger charge is -2.17. The summed E-state index contributed by atoms with van der Waals surface area (Å²) < 4.78 is 0. The first kappa shape index (κ1) is 10.3. The van der Waals surface area contributed by atoms with E-state index in [9.17, 15) is 0 Å². The van der Waals surface area contributed by atoms with Gasteiger partial charge in [-0.15, -0.1) is 0 Å². The molecule has 2 aliphatic rings. The Labute approximate surface area is 101 Å². The van der Waals surface area contributed by atoms with Crippen molar-refractivity contribution in [3.05, 3.63) is 16.9 Å². The maximum absolute atomic E-state index is 5.97. The highest BCUT2D eigenvalue weighted by atomic mass is 35.5. The van der Waals surface area contributed by atoms with Gasteiger partial charge >= 0.3 is 0 Å². The Morgan fingerprint density at radius 2 is 1.94 bits per heavy atom. The molecule has 0 amide bonds. The minimum atomic E-state index is 0.555. The van der Waals surface area contributed by atoms with E-state index >= 15 is 0 Å². The number of aryl methyl sites for hydroxylation is 1. The molecule has 1 saturated heterocycles. The molecule has 0 bridgehead atoms. The maximum Gasteiger partial charge on any atom is 0.226 e. The number of halogens is 1. The molecule has 16 heavy (non-hydrogen) atoms. The molecule has 1 aliphatic heterocycles. The van der Waals surface area contributed by atoms with E-state index in [1.807, 2.05) is 13.0 Å². The van der Waals surface area contributed by atoms with Gasteiger partial charge in [0.25, 0.3) is 0 Å². The van der Waals surface area contributed by atoms with Crippen LogP contribution in [0.4, 0.5) is 5.95 Å². The molecule has 1 aromatic rings. The van der Waals surface area contributed by atoms with Gasteiger partial charge in [0.1, 0.15) is 5.15 Å². The molecule has 2 unspecified atom stereocenters. The van der Waals surface area contributed by atoms with E-state index in [0.717, 1.165) is 36.6 Å². The van der Waals surface area contributed by atoms with Crippen LogP contribution in [0.1, 0.15) is 25.0 Å². The van der Waals surface area contributed by atoms with Gasteiger partial charge < -0.3 is 4.90 Å². The Morgan fingerprint density at radius 3 is 2.56 bits per heavy atom. The van der Waals surface area contributed by atoms with Crippen molar-refractivity contribution < 1.29 is 0 Å². The number of aromatic nitrogens is 2. The minimum Gasteiger partial charge on any atom is -0.340 e. The predicted molar refractivity (Wildman–Crippen MR) is 64.8 cm³/mol. The minimum absolute atomic E-state index is 0.555. The molecular weight excluding hydrogens is 222 g/mol. The molecule has 0 spiro atoms. The zero-order chi connectivity index (χ0) is 11.1. The molecule has 2 fully saturated rings. The number of hydrogen-bond acceptors (Lipinski definition) is 3. The first-order chi connectivity index (χ1) is 7.72. The summed E-state index contributed by atoms with van der Waals surface area (Å²) >= 11 is 5.97. The van der Waals surface area contributed by atoms with E-state index in [2.05, 4.69) is 14.9 Å². The first-order valence-electron chi connectivity index (χ1n) is 5.98. The fourth-order valence-corrected chi connectivity index (χ4v) is 3.29. The van der Waals surface area contributed by atoms with Gasteiger partial charge in [-0.25, -0.2) is 9.97 Å². The average Bonchev–Trinajstić information content (AvgIpc) is 2.74. The molecule has 3 nitrogen and oxygen atoms in total. The van der Waals surface area contributed by atoms with Crippen LogP contribution in [0.25, 0.3) is 0 Å². The zero-order valence-electron chi connectivity index (χ0n) is 9.49. The molecular formula is C12H16ClN3. The van der Waals surface area contributed by atoms with E-state index in [-0.39, 0.29) is 0 Å². The van der Waals surface area contributed by atoms with E-state index in [1.54, 1.807) is 0 Å². The largest absolute Gasteiger partial charge is 0.340 e. The maximum atomic E-state index is 5.97. The quantitative estimate of drug-likeness (QED) is 0.704. The average molecular weight is 238 g/mol. The predicted octanol–water partition coefficient (Wildman–Crippen LogP) is 2.67. The molecule has 4 heteroatoms. The van der Waals surface area contributed by atoms with Crippen molar-refractivity contribution in [3.63, 3.8) is 0 Å². The summed E-state index contributed by atoms with van der Waals surface area (Å²) in [6.45, 7) is 4.20. The topological polar surface area (TPSA) is 29.0 Å². The summed E-state index contributed by atoms with van der Waals surface area (Å²) in [5.74, 6) is 2.55. The molecule has 2 atom stereocenters. The van der Waals surface area contributed by atoms with Crippen molar-refractivity contribution in [2.24, 2.45) is 11.8 Å². The second-order valence-electron chi connectivity index (χ2n) is 4.99. The molecule has 1 saturated carbocycles. The monoisotopic (exact) mass is 237 g/mol. The van der Waals surface area contributed by atoms with Crippen LogP contribution in [-0.2, 0) is 0 Å². The van der Waals surface area contributed by atoms with E-state index in [4.69, 9.17) is 11.6 Å². The van der Waals surface area contributed by atoms with E-state index in [1.165, 1.54) is 19.3 Å². The van der Waals surface area contributed by atoms with Gasteiger partial charge in [0.05, 0.1) is 0 Å². The smallest absolute Gasteiger partial charge is 0.226 e. The molecule has 0 aromatic carbocycles. The molecule has 0 radical (unpaired) electrons. The Kier molecular flexibility index (Phi) is 2.51. The second kappa shape index (κ2) is 3.88. The van der Waals surface area contributed by atoms with Crippen LogP contribution in [0.2, 0.25) is 5.15 Å². The Hall–Kier alpha value is -0.830. The Bertz CT molecular complexity index is 375. The molecule has 1 aliphatic carbocycles. The van der Waals surface area contributed by atoms with Gasteiger partial charge in [-0.1, -0.05) is 18.0 Å². The van der Waals surface area contributed by atoms with Gasteiger partial charge in [0.15, 0.2) is 0 Å². The van der Waals surface area contributed by atoms with Crippen LogP contribution in [0.15, 0.2) is 6.07 Å². The highest BCUT2D eigenvalue weighted by Crippen LogP contribution is 2.38. The number of nitrogens with zero attached hydrogens (tertiary/aromatic N) is 3. The molecule has 0 N–H and O–H groups in total. The molecule has 2 heterocycles. The zero-order valence-corrected chi connectivity index (χ0v) is 10.2. The number of hydrogen-bond donors (Lipinski definition) is 0. The summed E-state index contributed by atoms with van der Waals surface area (Å²) in [6.07, 6.45) is 4.15. The number of rotatable bonds is 1. The number of anilines is 1. The van der Waals surface area contributed by atoms with Crippen LogP contribution >= 0.6 is 11.6 Å². The molecule has 3 rings (SSSR count).